The molecule has 0 saturated carbocycles. The molecule has 2 unspecified atom stereocenters. The Morgan fingerprint density at radius 3 is 1.96 bits per heavy atom. The lowest BCUT2D eigenvalue weighted by molar-refractivity contribution is -0.438. The zero-order valence-electron chi connectivity index (χ0n) is 40.1. The number of methoxy groups -OCH3 is 1. The van der Waals surface area contributed by atoms with Gasteiger partial charge in [0.2, 0.25) is 17.4 Å². The molecule has 0 bridgehead atoms. The number of carbonyl (C=O) groups excluding carboxylic acids is 1. The number of ether oxygens (including phenoxy) is 2. The smallest absolute Gasteiger partial charge is 0.333 e. The molecule has 5 rings (SSSR count). The maximum absolute atomic E-state index is 12.6. The summed E-state index contributed by atoms with van der Waals surface area (Å²) in [5.74, 6) is -2.11. The van der Waals surface area contributed by atoms with Crippen LogP contribution in [0.1, 0.15) is 118 Å². The van der Waals surface area contributed by atoms with Crippen molar-refractivity contribution in [2.75, 3.05) is 37.5 Å². The van der Waals surface area contributed by atoms with Crippen molar-refractivity contribution < 1.29 is 72.8 Å². The van der Waals surface area contributed by atoms with Gasteiger partial charge in [-0.1, -0.05) is 0 Å². The molecule has 2 aliphatic rings. The Morgan fingerprint density at radius 1 is 0.779 bits per heavy atom. The molecule has 0 aliphatic carbocycles. The van der Waals surface area contributed by atoms with E-state index in [1.807, 2.05) is 67.5 Å². The normalized spacial score (nSPS) is 19.8. The molecule has 1 aromatic heterocycles. The van der Waals surface area contributed by atoms with Gasteiger partial charge in [-0.15, -0.1) is 4.73 Å². The lowest BCUT2D eigenvalue weighted by atomic mass is 9.75. The number of rotatable bonds is 22. The topological polar surface area (TPSA) is 260 Å². The van der Waals surface area contributed by atoms with Crippen LogP contribution < -0.4 is 9.74 Å². The molecule has 376 valence electrons. The molecule has 0 fully saturated rings. The molecule has 3 heterocycles. The first-order valence-corrected chi connectivity index (χ1v) is 26.8. The van der Waals surface area contributed by atoms with Gasteiger partial charge in [-0.05, 0) is 141 Å². The third-order valence-corrected chi connectivity index (χ3v) is 15.1. The van der Waals surface area contributed by atoms with E-state index in [1.165, 1.54) is 36.4 Å². The molecule has 18 nitrogen and oxygen atoms in total. The first-order valence-electron chi connectivity index (χ1n) is 22.3. The van der Waals surface area contributed by atoms with Crippen molar-refractivity contribution in [3.63, 3.8) is 0 Å². The van der Waals surface area contributed by atoms with Crippen molar-refractivity contribution in [2.24, 2.45) is 0 Å². The van der Waals surface area contributed by atoms with Crippen LogP contribution in [-0.2, 0) is 55.5 Å². The summed E-state index contributed by atoms with van der Waals surface area (Å²) in [6.07, 6.45) is 6.38. The van der Waals surface area contributed by atoms with Crippen molar-refractivity contribution in [1.82, 2.24) is 4.73 Å². The second-order valence-electron chi connectivity index (χ2n) is 19.5. The lowest BCUT2D eigenvalue weighted by Crippen LogP contribution is -2.45. The number of anilines is 1. The average molecular weight is 1010 g/mol. The lowest BCUT2D eigenvalue weighted by Gasteiger charge is -2.42. The molecule has 0 amide bonds. The maximum Gasteiger partial charge on any atom is 0.333 e. The highest BCUT2D eigenvalue weighted by atomic mass is 32.2. The quantitative estimate of drug-likeness (QED) is 0.0377. The first-order chi connectivity index (χ1) is 31.3. The summed E-state index contributed by atoms with van der Waals surface area (Å²) >= 11 is 0. The van der Waals surface area contributed by atoms with Gasteiger partial charge in [0.1, 0.15) is 6.54 Å². The highest BCUT2D eigenvalue weighted by molar-refractivity contribution is 7.86. The number of benzene rings is 2. The first kappa shape index (κ1) is 54.3. The second kappa shape index (κ2) is 20.4. The van der Waals surface area contributed by atoms with Gasteiger partial charge in [0, 0.05) is 85.3 Å². The van der Waals surface area contributed by atoms with Crippen molar-refractivity contribution in [1.29, 1.82) is 0 Å². The van der Waals surface area contributed by atoms with E-state index in [1.54, 1.807) is 19.2 Å². The summed E-state index contributed by atoms with van der Waals surface area (Å²) in [4.78, 5) is 19.2. The number of aromatic hydroxyl groups is 2. The number of nitrogens with zero attached hydrogens (tertiary/aromatic N) is 3. The third-order valence-electron chi connectivity index (χ3n) is 12.6. The minimum atomic E-state index is -4.67. The van der Waals surface area contributed by atoms with Crippen molar-refractivity contribution in [3.8, 4) is 11.8 Å². The van der Waals surface area contributed by atoms with E-state index in [0.717, 1.165) is 5.71 Å². The van der Waals surface area contributed by atoms with Gasteiger partial charge in [-0.3, -0.25) is 13.7 Å². The summed E-state index contributed by atoms with van der Waals surface area (Å²) in [5.41, 5.74) is 1.41. The van der Waals surface area contributed by atoms with Crippen LogP contribution in [-0.4, -0.2) is 114 Å². The predicted molar refractivity (Wildman–Crippen MR) is 256 cm³/mol. The summed E-state index contributed by atoms with van der Waals surface area (Å²) in [6, 6.07) is 11.1. The van der Waals surface area contributed by atoms with Gasteiger partial charge in [0.05, 0.1) is 26.6 Å². The fraction of sp³-hybridized carbons (Fsp3) is 0.532. The number of hydrogen-bond acceptors (Lipinski definition) is 13. The SMILES string of the molecule is COCCC1(C)C(C=C(C)C=C2N(C(C)(C)CCOC(C)(C)C)c3ccc(S(=O)(=O)O)cc3C2(C)CCCS(=O)(=O)O)=[N+](CCCCCC(=O)On2c(O)ccc2O)c2ccc(S(=O)(=O)O)cc21. The Bertz CT molecular complexity index is 2800. The Hall–Kier alpha value is -4.61. The van der Waals surface area contributed by atoms with Crippen LogP contribution in [0.25, 0.3) is 0 Å². The summed E-state index contributed by atoms with van der Waals surface area (Å²) in [7, 11) is -12.1. The number of unbranched alkanes of at least 4 members (excludes halogenated alkanes) is 2. The van der Waals surface area contributed by atoms with Crippen LogP contribution in [0, 0.1) is 0 Å². The van der Waals surface area contributed by atoms with Crippen LogP contribution in [0.15, 0.2) is 81.7 Å². The van der Waals surface area contributed by atoms with Crippen molar-refractivity contribution in [2.45, 2.75) is 139 Å². The van der Waals surface area contributed by atoms with Gasteiger partial charge < -0.3 is 29.4 Å². The van der Waals surface area contributed by atoms with Gasteiger partial charge in [-0.2, -0.15) is 29.8 Å². The van der Waals surface area contributed by atoms with E-state index in [4.69, 9.17) is 14.3 Å². The third kappa shape index (κ3) is 12.6. The number of fused-ring (bicyclic) bond motifs is 2. The zero-order chi connectivity index (χ0) is 50.8. The molecular weight excluding hydrogens is 943 g/mol. The number of allylic oxidation sites excluding steroid dienone is 4. The highest BCUT2D eigenvalue weighted by Gasteiger charge is 2.50. The highest BCUT2D eigenvalue weighted by Crippen LogP contribution is 2.55. The molecule has 2 aliphatic heterocycles. The minimum absolute atomic E-state index is 0.00690. The zero-order valence-corrected chi connectivity index (χ0v) is 42.6. The molecule has 0 spiro atoms. The Kier molecular flexibility index (Phi) is 16.3. The van der Waals surface area contributed by atoms with Crippen molar-refractivity contribution >= 4 is 53.4 Å². The van der Waals surface area contributed by atoms with E-state index < -0.39 is 75.8 Å². The van der Waals surface area contributed by atoms with Crippen LogP contribution >= 0.6 is 0 Å². The molecule has 3 aromatic rings. The molecule has 2 aromatic carbocycles. The number of aromatic nitrogens is 1. The van der Waals surface area contributed by atoms with Crippen LogP contribution in [0.3, 0.4) is 0 Å². The Labute approximate surface area is 400 Å². The molecule has 0 radical (unpaired) electrons. The van der Waals surface area contributed by atoms with E-state index >= 15 is 0 Å². The number of hydrogen-bond donors (Lipinski definition) is 5. The van der Waals surface area contributed by atoms with Gasteiger partial charge in [-0.25, -0.2) is 4.79 Å². The molecule has 5 N–H and O–H groups in total. The number of carbonyl (C=O) groups is 1. The second-order valence-corrected chi connectivity index (χ2v) is 24.0. The fourth-order valence-corrected chi connectivity index (χ4v) is 10.6. The molecule has 0 saturated heterocycles. The van der Waals surface area contributed by atoms with E-state index in [2.05, 4.69) is 9.48 Å². The molecule has 21 heteroatoms. The van der Waals surface area contributed by atoms with E-state index in [0.29, 0.717) is 83.8 Å². The van der Waals surface area contributed by atoms with Crippen LogP contribution in [0.5, 0.6) is 11.8 Å². The van der Waals surface area contributed by atoms with Gasteiger partial charge in [0.25, 0.3) is 30.4 Å². The predicted octanol–water partition coefficient (Wildman–Crippen LogP) is 7.26. The van der Waals surface area contributed by atoms with E-state index in [-0.39, 0.29) is 35.7 Å². The van der Waals surface area contributed by atoms with Gasteiger partial charge >= 0.3 is 5.97 Å². The van der Waals surface area contributed by atoms with Gasteiger partial charge in [0.15, 0.2) is 5.71 Å². The fourth-order valence-electron chi connectivity index (χ4n) is 9.09. The summed E-state index contributed by atoms with van der Waals surface area (Å²) in [5, 5.41) is 19.7. The van der Waals surface area contributed by atoms with Crippen molar-refractivity contribution in [3.05, 3.63) is 83.1 Å². The standard InChI is InChI=1S/C47H65N3O15S3/c1-32(29-40-46(7,21-13-27-66(54,55)56)36-31-34(68(60,61)62)16-18-38(36)49(40)45(5,6)22-26-64-44(2,3)4)28-39-47(8,23-25-63-9)35-30-33(67(57,58)59)15-17-37(35)48(39)24-12-10-11-14-43(53)65-50-41(51)19-20-42(50)52/h15-20,28-31H,10-14,21-27H2,1-9H3,(H4-,51,52,54,55,56,57,58,59,60,61,62)/p+1. The Morgan fingerprint density at radius 2 is 1.38 bits per heavy atom. The monoisotopic (exact) mass is 1010 g/mol. The minimum Gasteiger partial charge on any atom is -0.492 e. The summed E-state index contributed by atoms with van der Waals surface area (Å²) in [6.45, 7) is 16.6. The Balaban J connectivity index is 1.67. The summed E-state index contributed by atoms with van der Waals surface area (Å²) < 4.78 is 119. The average Bonchev–Trinajstić information content (AvgIpc) is 3.74. The maximum atomic E-state index is 12.6. The molecule has 2 atom stereocenters. The molecular formula is C47H66N3O15S3+. The largest absolute Gasteiger partial charge is 0.492 e. The van der Waals surface area contributed by atoms with Crippen LogP contribution in [0.2, 0.25) is 0 Å². The van der Waals surface area contributed by atoms with E-state index in [9.17, 15) is 53.9 Å². The van der Waals surface area contributed by atoms with Crippen LogP contribution in [0.4, 0.5) is 11.4 Å². The molecule has 68 heavy (non-hydrogen) atoms.